The van der Waals surface area contributed by atoms with E-state index in [-0.39, 0.29) is 0 Å². The zero-order chi connectivity index (χ0) is 13.4. The summed E-state index contributed by atoms with van der Waals surface area (Å²) in [6, 6.07) is 8.12. The quantitative estimate of drug-likeness (QED) is 0.713. The van der Waals surface area contributed by atoms with Crippen LogP contribution in [0.5, 0.6) is 0 Å². The number of aromatic nitrogens is 4. The van der Waals surface area contributed by atoms with Gasteiger partial charge in [-0.25, -0.2) is 14.5 Å². The minimum absolute atomic E-state index is 0.906. The average Bonchev–Trinajstić information content (AvgIpc) is 3.18. The molecule has 4 heterocycles. The Labute approximate surface area is 116 Å². The molecule has 4 rings (SSSR count). The lowest BCUT2D eigenvalue weighted by molar-refractivity contribution is 0.914. The summed E-state index contributed by atoms with van der Waals surface area (Å²) in [5, 5.41) is 4.39. The lowest BCUT2D eigenvalue weighted by Crippen LogP contribution is -2.20. The van der Waals surface area contributed by atoms with Crippen LogP contribution >= 0.6 is 0 Å². The van der Waals surface area contributed by atoms with Crippen LogP contribution in [0, 0.1) is 0 Å². The molecule has 3 aromatic rings. The zero-order valence-electron chi connectivity index (χ0n) is 11.1. The van der Waals surface area contributed by atoms with Crippen molar-refractivity contribution in [1.29, 1.82) is 0 Å². The first-order chi connectivity index (χ1) is 9.93. The van der Waals surface area contributed by atoms with Crippen LogP contribution in [-0.4, -0.2) is 32.7 Å². The molecule has 0 radical (unpaired) electrons. The highest BCUT2D eigenvalue weighted by atomic mass is 15.2. The van der Waals surface area contributed by atoms with Crippen LogP contribution in [0.3, 0.4) is 0 Å². The van der Waals surface area contributed by atoms with Crippen LogP contribution in [0.4, 0.5) is 5.82 Å². The van der Waals surface area contributed by atoms with Crippen molar-refractivity contribution >= 4 is 11.3 Å². The fraction of sp³-hybridized carbons (Fsp3) is 0.267. The molecule has 5 heteroatoms. The van der Waals surface area contributed by atoms with Gasteiger partial charge >= 0.3 is 0 Å². The van der Waals surface area contributed by atoms with E-state index in [4.69, 9.17) is 0 Å². The van der Waals surface area contributed by atoms with Crippen molar-refractivity contribution in [2.24, 2.45) is 0 Å². The SMILES string of the molecule is c1cc(-c2nccnc2N2CCCC2)n2nccc2c1. The minimum Gasteiger partial charge on any atom is -0.355 e. The molecule has 0 aromatic carbocycles. The summed E-state index contributed by atoms with van der Waals surface area (Å²) in [6.45, 7) is 2.11. The number of anilines is 1. The Morgan fingerprint density at radius 2 is 1.75 bits per heavy atom. The molecule has 0 bridgehead atoms. The molecule has 0 unspecified atom stereocenters. The molecule has 5 nitrogen and oxygen atoms in total. The van der Waals surface area contributed by atoms with Gasteiger partial charge in [-0.15, -0.1) is 0 Å². The number of fused-ring (bicyclic) bond motifs is 1. The number of hydrogen-bond donors (Lipinski definition) is 0. The fourth-order valence-corrected chi connectivity index (χ4v) is 2.80. The van der Waals surface area contributed by atoms with E-state index in [1.54, 1.807) is 12.4 Å². The summed E-state index contributed by atoms with van der Waals surface area (Å²) in [7, 11) is 0. The van der Waals surface area contributed by atoms with Crippen molar-refractivity contribution < 1.29 is 0 Å². The summed E-state index contributed by atoms with van der Waals surface area (Å²) in [5.41, 5.74) is 2.96. The van der Waals surface area contributed by atoms with E-state index in [2.05, 4.69) is 20.0 Å². The first kappa shape index (κ1) is 11.4. The molecule has 0 N–H and O–H groups in total. The van der Waals surface area contributed by atoms with Crippen molar-refractivity contribution in [3.63, 3.8) is 0 Å². The molecule has 1 saturated heterocycles. The van der Waals surface area contributed by atoms with Crippen LogP contribution in [0.25, 0.3) is 16.9 Å². The average molecular weight is 265 g/mol. The van der Waals surface area contributed by atoms with Crippen LogP contribution in [-0.2, 0) is 0 Å². The summed E-state index contributed by atoms with van der Waals surface area (Å²) in [4.78, 5) is 11.4. The largest absolute Gasteiger partial charge is 0.355 e. The first-order valence-corrected chi connectivity index (χ1v) is 6.92. The fourth-order valence-electron chi connectivity index (χ4n) is 2.80. The molecule has 1 fully saturated rings. The highest BCUT2D eigenvalue weighted by Gasteiger charge is 2.20. The third kappa shape index (κ3) is 1.74. The predicted octanol–water partition coefficient (Wildman–Crippen LogP) is 2.39. The van der Waals surface area contributed by atoms with Crippen LogP contribution in [0.2, 0.25) is 0 Å². The highest BCUT2D eigenvalue weighted by molar-refractivity contribution is 5.71. The van der Waals surface area contributed by atoms with Gasteiger partial charge in [0.1, 0.15) is 5.69 Å². The van der Waals surface area contributed by atoms with Crippen molar-refractivity contribution in [3.05, 3.63) is 42.9 Å². The highest BCUT2D eigenvalue weighted by Crippen LogP contribution is 2.28. The van der Waals surface area contributed by atoms with Crippen molar-refractivity contribution in [2.75, 3.05) is 18.0 Å². The van der Waals surface area contributed by atoms with E-state index in [9.17, 15) is 0 Å². The Balaban J connectivity index is 1.91. The van der Waals surface area contributed by atoms with Gasteiger partial charge in [-0.3, -0.25) is 0 Å². The third-order valence-corrected chi connectivity index (χ3v) is 3.75. The molecule has 0 atom stereocenters. The molecular weight excluding hydrogens is 250 g/mol. The van der Waals surface area contributed by atoms with Crippen LogP contribution in [0.15, 0.2) is 42.9 Å². The summed E-state index contributed by atoms with van der Waals surface area (Å²) in [5.74, 6) is 0.966. The van der Waals surface area contributed by atoms with Gasteiger partial charge in [0.25, 0.3) is 0 Å². The molecular formula is C15H15N5. The summed E-state index contributed by atoms with van der Waals surface area (Å²) >= 11 is 0. The molecule has 3 aromatic heterocycles. The van der Waals surface area contributed by atoms with Gasteiger partial charge in [0.05, 0.1) is 17.4 Å². The molecule has 0 amide bonds. The first-order valence-electron chi connectivity index (χ1n) is 6.92. The minimum atomic E-state index is 0.906. The summed E-state index contributed by atoms with van der Waals surface area (Å²) in [6.07, 6.45) is 7.77. The molecule has 100 valence electrons. The summed E-state index contributed by atoms with van der Waals surface area (Å²) < 4.78 is 1.92. The van der Waals surface area contributed by atoms with Gasteiger partial charge in [0.15, 0.2) is 5.82 Å². The Morgan fingerprint density at radius 3 is 2.65 bits per heavy atom. The van der Waals surface area contributed by atoms with E-state index in [0.717, 1.165) is 35.8 Å². The number of nitrogens with zero attached hydrogens (tertiary/aromatic N) is 5. The van der Waals surface area contributed by atoms with Gasteiger partial charge in [-0.1, -0.05) is 6.07 Å². The van der Waals surface area contributed by atoms with Gasteiger partial charge in [-0.05, 0) is 31.0 Å². The number of pyridine rings is 1. The van der Waals surface area contributed by atoms with Crippen molar-refractivity contribution in [2.45, 2.75) is 12.8 Å². The van der Waals surface area contributed by atoms with Crippen LogP contribution in [0.1, 0.15) is 12.8 Å². The van der Waals surface area contributed by atoms with Gasteiger partial charge in [0, 0.05) is 25.5 Å². The predicted molar refractivity (Wildman–Crippen MR) is 77.7 cm³/mol. The molecule has 0 spiro atoms. The molecule has 1 aliphatic rings. The second-order valence-electron chi connectivity index (χ2n) is 5.00. The van der Waals surface area contributed by atoms with E-state index in [1.807, 2.05) is 35.0 Å². The number of rotatable bonds is 2. The smallest absolute Gasteiger partial charge is 0.156 e. The van der Waals surface area contributed by atoms with E-state index in [0.29, 0.717) is 0 Å². The normalized spacial score (nSPS) is 15.1. The maximum atomic E-state index is 4.56. The monoisotopic (exact) mass is 265 g/mol. The maximum Gasteiger partial charge on any atom is 0.156 e. The molecule has 0 aliphatic carbocycles. The second-order valence-corrected chi connectivity index (χ2v) is 5.00. The van der Waals surface area contributed by atoms with Gasteiger partial charge < -0.3 is 4.90 Å². The Morgan fingerprint density at radius 1 is 0.900 bits per heavy atom. The third-order valence-electron chi connectivity index (χ3n) is 3.75. The Kier molecular flexibility index (Phi) is 2.62. The number of hydrogen-bond acceptors (Lipinski definition) is 4. The van der Waals surface area contributed by atoms with E-state index < -0.39 is 0 Å². The van der Waals surface area contributed by atoms with Crippen molar-refractivity contribution in [1.82, 2.24) is 19.6 Å². The lowest BCUT2D eigenvalue weighted by atomic mass is 10.2. The molecule has 20 heavy (non-hydrogen) atoms. The Bertz CT molecular complexity index is 743. The standard InChI is InChI=1S/C15H15N5/c1-2-11-19(10-1)15-14(16-8-9-17-15)13-5-3-4-12-6-7-18-20(12)13/h3-9H,1-2,10-11H2. The molecule has 1 aliphatic heterocycles. The second kappa shape index (κ2) is 4.59. The topological polar surface area (TPSA) is 46.3 Å². The molecule has 0 saturated carbocycles. The van der Waals surface area contributed by atoms with Gasteiger partial charge in [0.2, 0.25) is 0 Å². The van der Waals surface area contributed by atoms with E-state index in [1.165, 1.54) is 12.8 Å². The van der Waals surface area contributed by atoms with Crippen molar-refractivity contribution in [3.8, 4) is 11.4 Å². The van der Waals surface area contributed by atoms with Gasteiger partial charge in [-0.2, -0.15) is 5.10 Å². The maximum absolute atomic E-state index is 4.56. The lowest BCUT2D eigenvalue weighted by Gasteiger charge is -2.19. The van der Waals surface area contributed by atoms with Crippen LogP contribution < -0.4 is 4.90 Å². The van der Waals surface area contributed by atoms with E-state index >= 15 is 0 Å². The zero-order valence-corrected chi connectivity index (χ0v) is 11.1. The Hall–Kier alpha value is -2.43.